The highest BCUT2D eigenvalue weighted by Gasteiger charge is 2.19. The number of carbonyl (C=O) groups is 2. The molecule has 27 heavy (non-hydrogen) atoms. The number of nitrogens with zero attached hydrogens (tertiary/aromatic N) is 2. The summed E-state index contributed by atoms with van der Waals surface area (Å²) in [5.74, 6) is -0.635. The molecule has 1 amide bonds. The van der Waals surface area contributed by atoms with Crippen LogP contribution in [0.5, 0.6) is 0 Å². The Morgan fingerprint density at radius 3 is 2.85 bits per heavy atom. The Balaban J connectivity index is 1.70. The Kier molecular flexibility index (Phi) is 6.31. The van der Waals surface area contributed by atoms with Gasteiger partial charge in [-0.15, -0.1) is 22.7 Å². The molecule has 0 fully saturated rings. The number of rotatable bonds is 7. The summed E-state index contributed by atoms with van der Waals surface area (Å²) in [6.07, 6.45) is 4.37. The molecular weight excluding hydrogens is 382 g/mol. The van der Waals surface area contributed by atoms with Crippen molar-refractivity contribution in [2.75, 3.05) is 11.9 Å². The number of pyridine rings is 1. The number of ether oxygens (including phenoxy) is 1. The van der Waals surface area contributed by atoms with Gasteiger partial charge in [-0.1, -0.05) is 6.92 Å². The lowest BCUT2D eigenvalue weighted by atomic mass is 10.2. The summed E-state index contributed by atoms with van der Waals surface area (Å²) >= 11 is 2.87. The molecule has 3 aromatic heterocycles. The molecule has 0 aliphatic heterocycles. The molecule has 1 N–H and O–H groups in total. The van der Waals surface area contributed by atoms with Crippen LogP contribution >= 0.6 is 22.7 Å². The first-order chi connectivity index (χ1) is 13.1. The fourth-order valence-corrected chi connectivity index (χ4v) is 4.23. The number of thiazole rings is 1. The third-order valence-corrected chi connectivity index (χ3v) is 5.82. The molecule has 0 saturated heterocycles. The molecule has 0 aromatic carbocycles. The second kappa shape index (κ2) is 8.88. The zero-order valence-electron chi connectivity index (χ0n) is 15.0. The van der Waals surface area contributed by atoms with Crippen LogP contribution in [0.1, 0.15) is 34.8 Å². The van der Waals surface area contributed by atoms with Crippen molar-refractivity contribution in [1.29, 1.82) is 0 Å². The molecule has 6 nitrogen and oxygen atoms in total. The smallest absolute Gasteiger partial charge is 0.341 e. The number of aryl methyl sites for hydroxylation is 1. The topological polar surface area (TPSA) is 81.2 Å². The zero-order chi connectivity index (χ0) is 19.2. The average Bonchev–Trinajstić information content (AvgIpc) is 3.29. The average molecular weight is 402 g/mol. The van der Waals surface area contributed by atoms with E-state index in [0.29, 0.717) is 22.9 Å². The van der Waals surface area contributed by atoms with E-state index < -0.39 is 5.97 Å². The van der Waals surface area contributed by atoms with Gasteiger partial charge in [0.2, 0.25) is 5.91 Å². The third kappa shape index (κ3) is 4.78. The lowest BCUT2D eigenvalue weighted by Crippen LogP contribution is -2.16. The lowest BCUT2D eigenvalue weighted by molar-refractivity contribution is -0.115. The number of thiophene rings is 1. The van der Waals surface area contributed by atoms with E-state index in [2.05, 4.69) is 15.3 Å². The van der Waals surface area contributed by atoms with E-state index in [9.17, 15) is 9.59 Å². The van der Waals surface area contributed by atoms with Gasteiger partial charge in [0.25, 0.3) is 0 Å². The van der Waals surface area contributed by atoms with Crippen LogP contribution in [0.3, 0.4) is 0 Å². The largest absolute Gasteiger partial charge is 0.462 e. The molecule has 0 spiro atoms. The van der Waals surface area contributed by atoms with Crippen molar-refractivity contribution >= 4 is 39.6 Å². The van der Waals surface area contributed by atoms with Gasteiger partial charge in [0.15, 0.2) is 0 Å². The first kappa shape index (κ1) is 19.2. The van der Waals surface area contributed by atoms with Crippen LogP contribution in [0.25, 0.3) is 10.6 Å². The van der Waals surface area contributed by atoms with Gasteiger partial charge < -0.3 is 10.1 Å². The van der Waals surface area contributed by atoms with Gasteiger partial charge in [-0.2, -0.15) is 0 Å². The van der Waals surface area contributed by atoms with Crippen molar-refractivity contribution in [2.24, 2.45) is 0 Å². The number of carbonyl (C=O) groups excluding carboxylic acids is 2. The van der Waals surface area contributed by atoms with Crippen LogP contribution in [0, 0.1) is 0 Å². The maximum absolute atomic E-state index is 12.5. The highest BCUT2D eigenvalue weighted by atomic mass is 32.1. The molecule has 0 radical (unpaired) electrons. The first-order valence-corrected chi connectivity index (χ1v) is 10.2. The molecule has 0 atom stereocenters. The van der Waals surface area contributed by atoms with Crippen molar-refractivity contribution < 1.29 is 14.3 Å². The molecule has 3 rings (SSSR count). The summed E-state index contributed by atoms with van der Waals surface area (Å²) in [7, 11) is 0. The van der Waals surface area contributed by atoms with Crippen LogP contribution in [0.15, 0.2) is 36.0 Å². The molecule has 3 heterocycles. The first-order valence-electron chi connectivity index (χ1n) is 8.55. The number of nitrogens with one attached hydrogen (secondary N) is 1. The fraction of sp³-hybridized carbons (Fsp3) is 0.263. The minimum Gasteiger partial charge on any atom is -0.462 e. The summed E-state index contributed by atoms with van der Waals surface area (Å²) in [6, 6.07) is 5.56. The quantitative estimate of drug-likeness (QED) is 0.601. The van der Waals surface area contributed by atoms with E-state index in [4.69, 9.17) is 4.74 Å². The number of hydrogen-bond acceptors (Lipinski definition) is 7. The monoisotopic (exact) mass is 401 g/mol. The number of amides is 1. The van der Waals surface area contributed by atoms with Gasteiger partial charge in [0, 0.05) is 28.2 Å². The van der Waals surface area contributed by atoms with Gasteiger partial charge in [0.1, 0.15) is 10.0 Å². The third-order valence-electron chi connectivity index (χ3n) is 3.68. The second-order valence-electron chi connectivity index (χ2n) is 5.64. The molecule has 3 aromatic rings. The molecule has 0 bridgehead atoms. The fourth-order valence-electron chi connectivity index (χ4n) is 2.41. The summed E-state index contributed by atoms with van der Waals surface area (Å²) in [6.45, 7) is 4.05. The number of anilines is 1. The van der Waals surface area contributed by atoms with Crippen LogP contribution in [0.4, 0.5) is 5.00 Å². The van der Waals surface area contributed by atoms with Crippen LogP contribution < -0.4 is 5.32 Å². The zero-order valence-corrected chi connectivity index (χ0v) is 16.7. The highest BCUT2D eigenvalue weighted by Crippen LogP contribution is 2.30. The Morgan fingerprint density at radius 2 is 2.15 bits per heavy atom. The van der Waals surface area contributed by atoms with Crippen molar-refractivity contribution in [2.45, 2.75) is 26.7 Å². The van der Waals surface area contributed by atoms with E-state index >= 15 is 0 Å². The molecule has 0 aliphatic carbocycles. The van der Waals surface area contributed by atoms with Crippen molar-refractivity contribution in [3.05, 3.63) is 52.1 Å². The number of aromatic nitrogens is 2. The molecule has 0 saturated carbocycles. The van der Waals surface area contributed by atoms with Gasteiger partial charge in [-0.05, 0) is 31.5 Å². The minimum atomic E-state index is -0.420. The molecule has 8 heteroatoms. The standard InChI is InChI=1S/C19H19N3O3S2/c1-3-14-9-15(19(24)25-4-2)18(27-14)22-16(23)8-13-11-26-17(21-13)12-6-5-7-20-10-12/h5-7,9-11H,3-4,8H2,1-2H3,(H,22,23). The summed E-state index contributed by atoms with van der Waals surface area (Å²) in [5.41, 5.74) is 2.01. The minimum absolute atomic E-state index is 0.137. The molecule has 0 aliphatic rings. The van der Waals surface area contributed by atoms with Gasteiger partial charge in [-0.25, -0.2) is 9.78 Å². The van der Waals surface area contributed by atoms with Gasteiger partial charge >= 0.3 is 5.97 Å². The SMILES string of the molecule is CCOC(=O)c1cc(CC)sc1NC(=O)Cc1csc(-c2cccnc2)n1. The maximum atomic E-state index is 12.5. The van der Waals surface area contributed by atoms with E-state index in [1.807, 2.05) is 24.4 Å². The summed E-state index contributed by atoms with van der Waals surface area (Å²) in [4.78, 5) is 34.2. The summed E-state index contributed by atoms with van der Waals surface area (Å²) < 4.78 is 5.08. The van der Waals surface area contributed by atoms with E-state index in [0.717, 1.165) is 21.9 Å². The van der Waals surface area contributed by atoms with Gasteiger partial charge in [-0.3, -0.25) is 9.78 Å². The maximum Gasteiger partial charge on any atom is 0.341 e. The number of esters is 1. The molecule has 0 unspecified atom stereocenters. The normalized spacial score (nSPS) is 10.6. The highest BCUT2D eigenvalue weighted by molar-refractivity contribution is 7.16. The lowest BCUT2D eigenvalue weighted by Gasteiger charge is -2.05. The van der Waals surface area contributed by atoms with Crippen LogP contribution in [-0.4, -0.2) is 28.5 Å². The van der Waals surface area contributed by atoms with Crippen molar-refractivity contribution in [3.63, 3.8) is 0 Å². The number of hydrogen-bond donors (Lipinski definition) is 1. The molecular formula is C19H19N3O3S2. The van der Waals surface area contributed by atoms with Crippen molar-refractivity contribution in [3.8, 4) is 10.6 Å². The van der Waals surface area contributed by atoms with E-state index in [1.165, 1.54) is 22.7 Å². The van der Waals surface area contributed by atoms with Crippen LogP contribution in [-0.2, 0) is 22.4 Å². The Hall–Kier alpha value is -2.58. The predicted molar refractivity (Wildman–Crippen MR) is 107 cm³/mol. The van der Waals surface area contributed by atoms with Crippen LogP contribution in [0.2, 0.25) is 0 Å². The van der Waals surface area contributed by atoms with Gasteiger partial charge in [0.05, 0.1) is 24.3 Å². The van der Waals surface area contributed by atoms with E-state index in [-0.39, 0.29) is 12.3 Å². The Bertz CT molecular complexity index is 935. The molecule has 140 valence electrons. The summed E-state index contributed by atoms with van der Waals surface area (Å²) in [5, 5.41) is 6.04. The predicted octanol–water partition coefficient (Wildman–Crippen LogP) is 4.19. The Morgan fingerprint density at radius 1 is 1.30 bits per heavy atom. The second-order valence-corrected chi connectivity index (χ2v) is 7.64. The van der Waals surface area contributed by atoms with E-state index in [1.54, 1.807) is 25.4 Å². The van der Waals surface area contributed by atoms with Crippen molar-refractivity contribution in [1.82, 2.24) is 9.97 Å². The Labute approximate surface area is 165 Å².